The Morgan fingerprint density at radius 1 is 1.18 bits per heavy atom. The number of rotatable bonds is 4. The van der Waals surface area contributed by atoms with E-state index in [1.165, 1.54) is 0 Å². The van der Waals surface area contributed by atoms with Crippen molar-refractivity contribution in [3.8, 4) is 0 Å². The van der Waals surface area contributed by atoms with Crippen LogP contribution in [0.1, 0.15) is 32.1 Å². The van der Waals surface area contributed by atoms with Gasteiger partial charge in [0, 0.05) is 19.1 Å². The Morgan fingerprint density at radius 2 is 1.82 bits per heavy atom. The van der Waals surface area contributed by atoms with Crippen molar-refractivity contribution in [2.24, 2.45) is 11.8 Å². The van der Waals surface area contributed by atoms with E-state index >= 15 is 0 Å². The molecule has 2 saturated carbocycles. The van der Waals surface area contributed by atoms with Crippen molar-refractivity contribution in [2.45, 2.75) is 44.2 Å². The molecule has 2 aliphatic rings. The van der Waals surface area contributed by atoms with E-state index < -0.39 is 5.97 Å². The van der Waals surface area contributed by atoms with Crippen LogP contribution in [0.2, 0.25) is 0 Å². The molecule has 2 atom stereocenters. The van der Waals surface area contributed by atoms with E-state index in [1.54, 1.807) is 7.11 Å². The molecule has 0 aromatic carbocycles. The molecule has 0 aromatic rings. The van der Waals surface area contributed by atoms with Gasteiger partial charge in [0.15, 0.2) is 0 Å². The Morgan fingerprint density at radius 3 is 2.35 bits per heavy atom. The Balaban J connectivity index is 1.73. The van der Waals surface area contributed by atoms with Gasteiger partial charge < -0.3 is 15.2 Å². The standard InChI is InChI=1S/C12H19NO4/c1-17-10-5-9(6-10)13-11(14)7-2-3-8(4-7)12(15)16/h7-10H,2-6H2,1H3,(H,13,14)(H,15,16). The number of carboxylic acid groups (broad SMARTS) is 1. The zero-order valence-electron chi connectivity index (χ0n) is 10.0. The van der Waals surface area contributed by atoms with Gasteiger partial charge in [-0.05, 0) is 32.1 Å². The lowest BCUT2D eigenvalue weighted by Gasteiger charge is -2.35. The van der Waals surface area contributed by atoms with Crippen LogP contribution in [0.15, 0.2) is 0 Å². The number of aliphatic carboxylic acids is 1. The summed E-state index contributed by atoms with van der Waals surface area (Å²) in [5.74, 6) is -1.20. The fraction of sp³-hybridized carbons (Fsp3) is 0.833. The number of carbonyl (C=O) groups is 2. The third-order valence-corrected chi connectivity index (χ3v) is 3.93. The van der Waals surface area contributed by atoms with Crippen LogP contribution in [0.3, 0.4) is 0 Å². The quantitative estimate of drug-likeness (QED) is 0.762. The van der Waals surface area contributed by atoms with Crippen molar-refractivity contribution in [1.82, 2.24) is 5.32 Å². The van der Waals surface area contributed by atoms with E-state index in [-0.39, 0.29) is 29.9 Å². The van der Waals surface area contributed by atoms with E-state index in [0.717, 1.165) is 12.8 Å². The average Bonchev–Trinajstić information content (AvgIpc) is 2.71. The Bertz CT molecular complexity index is 312. The van der Waals surface area contributed by atoms with E-state index in [2.05, 4.69) is 5.32 Å². The van der Waals surface area contributed by atoms with Crippen LogP contribution in [-0.4, -0.2) is 36.2 Å². The number of hydrogen-bond acceptors (Lipinski definition) is 3. The van der Waals surface area contributed by atoms with Gasteiger partial charge in [-0.25, -0.2) is 0 Å². The number of hydrogen-bond donors (Lipinski definition) is 2. The maximum absolute atomic E-state index is 11.9. The van der Waals surface area contributed by atoms with E-state index in [1.807, 2.05) is 0 Å². The molecule has 17 heavy (non-hydrogen) atoms. The molecule has 0 spiro atoms. The maximum Gasteiger partial charge on any atom is 0.306 e. The van der Waals surface area contributed by atoms with Crippen LogP contribution in [0.4, 0.5) is 0 Å². The minimum absolute atomic E-state index is 0.0216. The van der Waals surface area contributed by atoms with Gasteiger partial charge in [-0.1, -0.05) is 0 Å². The van der Waals surface area contributed by atoms with Crippen LogP contribution < -0.4 is 5.32 Å². The average molecular weight is 241 g/mol. The summed E-state index contributed by atoms with van der Waals surface area (Å²) in [6.07, 6.45) is 3.83. The van der Waals surface area contributed by atoms with Gasteiger partial charge >= 0.3 is 5.97 Å². The maximum atomic E-state index is 11.9. The van der Waals surface area contributed by atoms with Gasteiger partial charge in [-0.15, -0.1) is 0 Å². The molecule has 1 amide bonds. The lowest BCUT2D eigenvalue weighted by atomic mass is 9.88. The lowest BCUT2D eigenvalue weighted by Crippen LogP contribution is -2.49. The highest BCUT2D eigenvalue weighted by molar-refractivity contribution is 5.81. The molecule has 2 unspecified atom stereocenters. The molecule has 0 heterocycles. The first-order valence-corrected chi connectivity index (χ1v) is 6.16. The largest absolute Gasteiger partial charge is 0.481 e. The number of methoxy groups -OCH3 is 1. The van der Waals surface area contributed by atoms with Gasteiger partial charge in [0.1, 0.15) is 0 Å². The van der Waals surface area contributed by atoms with Gasteiger partial charge in [0.25, 0.3) is 0 Å². The Hall–Kier alpha value is -1.10. The molecule has 0 bridgehead atoms. The number of ether oxygens (including phenoxy) is 1. The summed E-state index contributed by atoms with van der Waals surface area (Å²) >= 11 is 0. The molecule has 96 valence electrons. The SMILES string of the molecule is COC1CC(NC(=O)C2CCC(C(=O)O)C2)C1. The van der Waals surface area contributed by atoms with Gasteiger partial charge in [-0.2, -0.15) is 0 Å². The lowest BCUT2D eigenvalue weighted by molar-refractivity contribution is -0.141. The van der Waals surface area contributed by atoms with E-state index in [4.69, 9.17) is 9.84 Å². The summed E-state index contributed by atoms with van der Waals surface area (Å²) < 4.78 is 5.14. The number of nitrogens with one attached hydrogen (secondary N) is 1. The highest BCUT2D eigenvalue weighted by atomic mass is 16.5. The third-order valence-electron chi connectivity index (χ3n) is 3.93. The van der Waals surface area contributed by atoms with Crippen LogP contribution in [0.5, 0.6) is 0 Å². The molecule has 2 rings (SSSR count). The van der Waals surface area contributed by atoms with Crippen molar-refractivity contribution in [1.29, 1.82) is 0 Å². The Kier molecular flexibility index (Phi) is 3.66. The number of amides is 1. The normalized spacial score (nSPS) is 36.3. The van der Waals surface area contributed by atoms with Crippen molar-refractivity contribution in [2.75, 3.05) is 7.11 Å². The van der Waals surface area contributed by atoms with Crippen LogP contribution in [0.25, 0.3) is 0 Å². The molecule has 2 aliphatic carbocycles. The molecule has 2 N–H and O–H groups in total. The fourth-order valence-corrected chi connectivity index (χ4v) is 2.64. The van der Waals surface area contributed by atoms with Gasteiger partial charge in [0.05, 0.1) is 12.0 Å². The minimum atomic E-state index is -0.775. The highest BCUT2D eigenvalue weighted by Crippen LogP contribution is 2.32. The van der Waals surface area contributed by atoms with Gasteiger partial charge in [-0.3, -0.25) is 9.59 Å². The van der Waals surface area contributed by atoms with Crippen molar-refractivity contribution < 1.29 is 19.4 Å². The molecular weight excluding hydrogens is 222 g/mol. The first kappa shape index (κ1) is 12.4. The highest BCUT2D eigenvalue weighted by Gasteiger charge is 2.36. The predicted molar refractivity (Wildman–Crippen MR) is 60.4 cm³/mol. The summed E-state index contributed by atoms with van der Waals surface area (Å²) in [7, 11) is 1.68. The van der Waals surface area contributed by atoms with Crippen molar-refractivity contribution >= 4 is 11.9 Å². The van der Waals surface area contributed by atoms with Gasteiger partial charge in [0.2, 0.25) is 5.91 Å². The molecule has 5 heteroatoms. The summed E-state index contributed by atoms with van der Waals surface area (Å²) in [6.45, 7) is 0. The summed E-state index contributed by atoms with van der Waals surface area (Å²) in [5, 5.41) is 11.8. The van der Waals surface area contributed by atoms with E-state index in [0.29, 0.717) is 19.3 Å². The summed E-state index contributed by atoms with van der Waals surface area (Å²) in [6, 6.07) is 0.219. The molecule has 0 aliphatic heterocycles. The summed E-state index contributed by atoms with van der Waals surface area (Å²) in [5.41, 5.74) is 0. The molecule has 0 saturated heterocycles. The smallest absolute Gasteiger partial charge is 0.306 e. The van der Waals surface area contributed by atoms with Crippen molar-refractivity contribution in [3.05, 3.63) is 0 Å². The Labute approximate surface area is 101 Å². The monoisotopic (exact) mass is 241 g/mol. The summed E-state index contributed by atoms with van der Waals surface area (Å²) in [4.78, 5) is 22.7. The first-order chi connectivity index (χ1) is 8.10. The van der Waals surface area contributed by atoms with E-state index in [9.17, 15) is 9.59 Å². The second kappa shape index (κ2) is 5.04. The molecule has 0 aromatic heterocycles. The van der Waals surface area contributed by atoms with Crippen LogP contribution in [0, 0.1) is 11.8 Å². The second-order valence-corrected chi connectivity index (χ2v) is 5.08. The second-order valence-electron chi connectivity index (χ2n) is 5.08. The van der Waals surface area contributed by atoms with Crippen molar-refractivity contribution in [3.63, 3.8) is 0 Å². The third kappa shape index (κ3) is 2.77. The first-order valence-electron chi connectivity index (χ1n) is 6.16. The minimum Gasteiger partial charge on any atom is -0.481 e. The molecule has 2 fully saturated rings. The topological polar surface area (TPSA) is 75.6 Å². The predicted octanol–water partition coefficient (Wildman–Crippen LogP) is 0.781. The molecular formula is C12H19NO4. The zero-order chi connectivity index (χ0) is 12.4. The zero-order valence-corrected chi connectivity index (χ0v) is 10.0. The fourth-order valence-electron chi connectivity index (χ4n) is 2.64. The number of carboxylic acids is 1. The number of carbonyl (C=O) groups excluding carboxylic acids is 1. The van der Waals surface area contributed by atoms with Crippen LogP contribution in [-0.2, 0) is 14.3 Å². The molecule has 5 nitrogen and oxygen atoms in total. The van der Waals surface area contributed by atoms with Crippen LogP contribution >= 0.6 is 0 Å². The molecule has 0 radical (unpaired) electrons.